The summed E-state index contributed by atoms with van der Waals surface area (Å²) >= 11 is 0. The normalized spacial score (nSPS) is 19.6. The quantitative estimate of drug-likeness (QED) is 0.158. The fourth-order valence-corrected chi connectivity index (χ4v) is 6.71. The summed E-state index contributed by atoms with van der Waals surface area (Å²) < 4.78 is 6.68. The zero-order valence-corrected chi connectivity index (χ0v) is 28.5. The highest BCUT2D eigenvalue weighted by molar-refractivity contribution is 5.94. The van der Waals surface area contributed by atoms with Gasteiger partial charge in [-0.3, -0.25) is 14.4 Å². The average molecular weight is 650 g/mol. The van der Waals surface area contributed by atoms with Crippen LogP contribution in [0.5, 0.6) is 5.75 Å². The number of benzene rings is 2. The lowest BCUT2D eigenvalue weighted by molar-refractivity contribution is -0.134. The van der Waals surface area contributed by atoms with Crippen LogP contribution in [0.15, 0.2) is 42.5 Å². The number of amides is 3. The van der Waals surface area contributed by atoms with Crippen molar-refractivity contribution in [2.24, 2.45) is 11.8 Å². The van der Waals surface area contributed by atoms with Crippen molar-refractivity contribution in [3.05, 3.63) is 48.0 Å². The summed E-state index contributed by atoms with van der Waals surface area (Å²) in [7, 11) is 2.16. The summed E-state index contributed by atoms with van der Waals surface area (Å²) in [6, 6.07) is 12.4. The SMILES string of the molecule is C[C@@H]1CN([C@H](C)CO)C(=O)Cc2cc(NC(=O)CCCCCC(=O)Nc3ccccc3N)ccc2O[C@H]1CN(C)CC1CCCCC1. The molecule has 2 aromatic carbocycles. The highest BCUT2D eigenvalue weighted by Crippen LogP contribution is 2.30. The van der Waals surface area contributed by atoms with E-state index >= 15 is 0 Å². The van der Waals surface area contributed by atoms with Crippen LogP contribution in [0.2, 0.25) is 0 Å². The van der Waals surface area contributed by atoms with Crippen molar-refractivity contribution in [2.75, 3.05) is 49.7 Å². The molecule has 0 radical (unpaired) electrons. The molecule has 4 rings (SSSR count). The zero-order valence-electron chi connectivity index (χ0n) is 28.5. The first-order valence-corrected chi connectivity index (χ1v) is 17.5. The van der Waals surface area contributed by atoms with Crippen LogP contribution >= 0.6 is 0 Å². The van der Waals surface area contributed by atoms with Crippen LogP contribution in [0.3, 0.4) is 0 Å². The van der Waals surface area contributed by atoms with Gasteiger partial charge in [0.1, 0.15) is 11.9 Å². The fraction of sp³-hybridized carbons (Fsp3) is 0.595. The zero-order chi connectivity index (χ0) is 33.8. The number of likely N-dealkylation sites (N-methyl/N-ethyl adjacent to an activating group) is 1. The number of nitrogen functional groups attached to an aromatic ring is 1. The number of anilines is 3. The predicted molar refractivity (Wildman–Crippen MR) is 187 cm³/mol. The Kier molecular flexibility index (Phi) is 13.9. The lowest BCUT2D eigenvalue weighted by Crippen LogP contribution is -2.48. The van der Waals surface area contributed by atoms with Crippen molar-refractivity contribution in [2.45, 2.75) is 96.6 Å². The van der Waals surface area contributed by atoms with Crippen molar-refractivity contribution >= 4 is 34.8 Å². The number of aliphatic hydroxyl groups is 1. The first-order valence-electron chi connectivity index (χ1n) is 17.5. The van der Waals surface area contributed by atoms with Gasteiger partial charge in [-0.25, -0.2) is 0 Å². The number of hydrogen-bond donors (Lipinski definition) is 4. The number of nitrogens with two attached hydrogens (primary N) is 1. The summed E-state index contributed by atoms with van der Waals surface area (Å²) in [4.78, 5) is 42.8. The summed E-state index contributed by atoms with van der Waals surface area (Å²) in [5.74, 6) is 1.14. The van der Waals surface area contributed by atoms with Crippen LogP contribution in [0.25, 0.3) is 0 Å². The molecule has 3 atom stereocenters. The van der Waals surface area contributed by atoms with E-state index in [1.165, 1.54) is 32.1 Å². The van der Waals surface area contributed by atoms with E-state index < -0.39 is 0 Å². The standard InChI is InChI=1S/C37H55N5O5/c1-26-22-42(27(2)25-43)37(46)21-29-20-30(18-19-33(29)47-34(26)24-41(3)23-28-12-6-4-7-13-28)39-35(44)16-8-5-9-17-36(45)40-32-15-11-10-14-31(32)38/h10-11,14-15,18-20,26-28,34,43H,4-9,12-13,16-17,21-25,38H2,1-3H3,(H,39,44)(H,40,45)/t26-,27-,34+/m1/s1. The smallest absolute Gasteiger partial charge is 0.227 e. The molecule has 0 unspecified atom stereocenters. The van der Waals surface area contributed by atoms with Gasteiger partial charge in [-0.05, 0) is 75.9 Å². The Hall–Kier alpha value is -3.63. The van der Waals surface area contributed by atoms with Gasteiger partial charge in [0.2, 0.25) is 17.7 Å². The number of unbranched alkanes of at least 4 members (excludes halogenated alkanes) is 2. The number of nitrogens with one attached hydrogen (secondary N) is 2. The van der Waals surface area contributed by atoms with E-state index in [-0.39, 0.29) is 48.8 Å². The molecule has 1 aliphatic heterocycles. The minimum absolute atomic E-state index is 0.0506. The minimum atomic E-state index is -0.308. The number of para-hydroxylation sites is 2. The number of carbonyl (C=O) groups excluding carboxylic acids is 3. The minimum Gasteiger partial charge on any atom is -0.488 e. The van der Waals surface area contributed by atoms with E-state index in [9.17, 15) is 19.5 Å². The average Bonchev–Trinajstić information content (AvgIpc) is 3.09. The maximum atomic E-state index is 13.6. The Bertz CT molecular complexity index is 1330. The Balaban J connectivity index is 1.34. The van der Waals surface area contributed by atoms with Gasteiger partial charge in [0.05, 0.1) is 30.4 Å². The summed E-state index contributed by atoms with van der Waals surface area (Å²) in [5, 5.41) is 15.8. The first kappa shape index (κ1) is 36.2. The van der Waals surface area contributed by atoms with Crippen LogP contribution in [-0.4, -0.2) is 78.1 Å². The van der Waals surface area contributed by atoms with Gasteiger partial charge in [-0.15, -0.1) is 0 Å². The molecule has 3 amide bonds. The first-order chi connectivity index (χ1) is 22.6. The van der Waals surface area contributed by atoms with E-state index in [2.05, 4.69) is 29.5 Å². The van der Waals surface area contributed by atoms with Crippen molar-refractivity contribution in [1.29, 1.82) is 0 Å². The molecule has 0 aromatic heterocycles. The highest BCUT2D eigenvalue weighted by Gasteiger charge is 2.31. The molecule has 1 saturated carbocycles. The van der Waals surface area contributed by atoms with E-state index in [1.807, 2.05) is 37.3 Å². The van der Waals surface area contributed by atoms with Crippen molar-refractivity contribution in [1.82, 2.24) is 9.80 Å². The van der Waals surface area contributed by atoms with Crippen LogP contribution in [0.1, 0.15) is 83.6 Å². The van der Waals surface area contributed by atoms with Crippen molar-refractivity contribution < 1.29 is 24.2 Å². The second-order valence-corrected chi connectivity index (χ2v) is 13.7. The Morgan fingerprint density at radius 1 is 1.02 bits per heavy atom. The third kappa shape index (κ3) is 11.2. The van der Waals surface area contributed by atoms with Gasteiger partial charge in [-0.1, -0.05) is 44.7 Å². The summed E-state index contributed by atoms with van der Waals surface area (Å²) in [6.45, 7) is 6.16. The lowest BCUT2D eigenvalue weighted by atomic mass is 9.89. The molecule has 0 bridgehead atoms. The van der Waals surface area contributed by atoms with Crippen molar-refractivity contribution in [3.63, 3.8) is 0 Å². The Morgan fingerprint density at radius 3 is 2.43 bits per heavy atom. The van der Waals surface area contributed by atoms with Gasteiger partial charge in [0.25, 0.3) is 0 Å². The van der Waals surface area contributed by atoms with E-state index in [4.69, 9.17) is 10.5 Å². The highest BCUT2D eigenvalue weighted by atomic mass is 16.5. The monoisotopic (exact) mass is 649 g/mol. The Labute approximate surface area is 280 Å². The number of carbonyl (C=O) groups is 3. The summed E-state index contributed by atoms with van der Waals surface area (Å²) in [6.07, 6.45) is 9.23. The maximum absolute atomic E-state index is 13.6. The largest absolute Gasteiger partial charge is 0.488 e. The molecule has 47 heavy (non-hydrogen) atoms. The van der Waals surface area contributed by atoms with E-state index in [0.29, 0.717) is 61.0 Å². The van der Waals surface area contributed by atoms with Gasteiger partial charge in [0, 0.05) is 49.6 Å². The molecular formula is C37H55N5O5. The maximum Gasteiger partial charge on any atom is 0.227 e. The molecular weight excluding hydrogens is 594 g/mol. The van der Waals surface area contributed by atoms with Crippen LogP contribution < -0.4 is 21.1 Å². The van der Waals surface area contributed by atoms with Gasteiger partial charge >= 0.3 is 0 Å². The molecule has 2 aromatic rings. The fourth-order valence-electron chi connectivity index (χ4n) is 6.71. The van der Waals surface area contributed by atoms with Gasteiger partial charge < -0.3 is 36.0 Å². The molecule has 1 heterocycles. The third-order valence-corrected chi connectivity index (χ3v) is 9.53. The number of rotatable bonds is 14. The van der Waals surface area contributed by atoms with Gasteiger partial charge in [0.15, 0.2) is 0 Å². The second-order valence-electron chi connectivity index (χ2n) is 13.7. The third-order valence-electron chi connectivity index (χ3n) is 9.53. The topological polar surface area (TPSA) is 137 Å². The summed E-state index contributed by atoms with van der Waals surface area (Å²) in [5.41, 5.74) is 8.37. The van der Waals surface area contributed by atoms with Crippen LogP contribution in [0.4, 0.5) is 17.1 Å². The number of nitrogens with zero attached hydrogens (tertiary/aromatic N) is 2. The predicted octanol–water partition coefficient (Wildman–Crippen LogP) is 5.46. The molecule has 258 valence electrons. The number of ether oxygens (including phenoxy) is 1. The number of fused-ring (bicyclic) bond motifs is 1. The van der Waals surface area contributed by atoms with E-state index in [1.54, 1.807) is 17.0 Å². The van der Waals surface area contributed by atoms with Crippen molar-refractivity contribution in [3.8, 4) is 5.75 Å². The van der Waals surface area contributed by atoms with Gasteiger partial charge in [-0.2, -0.15) is 0 Å². The molecule has 0 spiro atoms. The molecule has 10 nitrogen and oxygen atoms in total. The Morgan fingerprint density at radius 2 is 1.72 bits per heavy atom. The lowest BCUT2D eigenvalue weighted by Gasteiger charge is -2.35. The number of aliphatic hydroxyl groups excluding tert-OH is 1. The molecule has 10 heteroatoms. The van der Waals surface area contributed by atoms with Crippen LogP contribution in [-0.2, 0) is 20.8 Å². The van der Waals surface area contributed by atoms with E-state index in [0.717, 1.165) is 25.1 Å². The molecule has 0 saturated heterocycles. The second kappa shape index (κ2) is 18.1. The molecule has 1 fully saturated rings. The molecule has 2 aliphatic rings. The van der Waals surface area contributed by atoms with Crippen LogP contribution in [0, 0.1) is 11.8 Å². The molecule has 5 N–H and O–H groups in total. The molecule has 1 aliphatic carbocycles. The number of hydrogen-bond acceptors (Lipinski definition) is 7.